The molecule has 8 heteroatoms. The van der Waals surface area contributed by atoms with Crippen LogP contribution in [-0.4, -0.2) is 21.3 Å². The van der Waals surface area contributed by atoms with Gasteiger partial charge in [-0.1, -0.05) is 0 Å². The Morgan fingerprint density at radius 3 is 2.35 bits per heavy atom. The Bertz CT molecular complexity index is 887. The molecule has 0 unspecified atom stereocenters. The molecule has 6 nitrogen and oxygen atoms in total. The van der Waals surface area contributed by atoms with Gasteiger partial charge in [-0.15, -0.1) is 5.10 Å². The summed E-state index contributed by atoms with van der Waals surface area (Å²) in [6.07, 6.45) is 1.48. The van der Waals surface area contributed by atoms with Crippen LogP contribution in [0.4, 0.5) is 31.9 Å². The molecule has 0 radical (unpaired) electrons. The van der Waals surface area contributed by atoms with Gasteiger partial charge in [0.15, 0.2) is 17.5 Å². The normalized spacial score (nSPS) is 10.7. The zero-order valence-corrected chi connectivity index (χ0v) is 14.2. The minimum absolute atomic E-state index is 0.0976. The van der Waals surface area contributed by atoms with Gasteiger partial charge in [0.1, 0.15) is 5.75 Å². The molecule has 0 fully saturated rings. The topological polar surface area (TPSA) is 72.0 Å². The molecule has 2 N–H and O–H groups in total. The maximum absolute atomic E-state index is 13.3. The van der Waals surface area contributed by atoms with Gasteiger partial charge in [0.05, 0.1) is 12.3 Å². The van der Waals surface area contributed by atoms with E-state index in [2.05, 4.69) is 25.8 Å². The highest BCUT2D eigenvalue weighted by Gasteiger charge is 2.06. The Balaban J connectivity index is 1.69. The van der Waals surface area contributed by atoms with Crippen molar-refractivity contribution in [3.8, 4) is 5.75 Å². The summed E-state index contributed by atoms with van der Waals surface area (Å²) < 4.78 is 31.8. The van der Waals surface area contributed by atoms with Crippen molar-refractivity contribution in [1.29, 1.82) is 0 Å². The lowest BCUT2D eigenvalue weighted by molar-refractivity contribution is 0.242. The summed E-state index contributed by atoms with van der Waals surface area (Å²) in [5.74, 6) is -0.496. The van der Waals surface area contributed by atoms with Crippen molar-refractivity contribution in [2.45, 2.75) is 20.0 Å². The number of hydrogen-bond acceptors (Lipinski definition) is 6. The van der Waals surface area contributed by atoms with Gasteiger partial charge < -0.3 is 15.4 Å². The molecule has 0 aliphatic carbocycles. The van der Waals surface area contributed by atoms with E-state index in [-0.39, 0.29) is 12.1 Å². The van der Waals surface area contributed by atoms with Crippen molar-refractivity contribution in [2.75, 3.05) is 10.6 Å². The number of nitrogens with zero attached hydrogens (tertiary/aromatic N) is 3. The molecular weight excluding hydrogens is 340 g/mol. The molecule has 0 amide bonds. The third-order valence-electron chi connectivity index (χ3n) is 3.23. The zero-order valence-electron chi connectivity index (χ0n) is 14.2. The first-order valence-corrected chi connectivity index (χ1v) is 7.95. The highest BCUT2D eigenvalue weighted by atomic mass is 19.2. The molecule has 0 aliphatic heterocycles. The van der Waals surface area contributed by atoms with E-state index in [0.29, 0.717) is 11.5 Å². The Morgan fingerprint density at radius 2 is 1.65 bits per heavy atom. The number of hydrogen-bond donors (Lipinski definition) is 2. The average molecular weight is 357 g/mol. The molecule has 0 saturated carbocycles. The van der Waals surface area contributed by atoms with Gasteiger partial charge in [-0.25, -0.2) is 8.78 Å². The molecular formula is C18H17F2N5O. The summed E-state index contributed by atoms with van der Waals surface area (Å²) >= 11 is 0. The Hall–Kier alpha value is -3.29. The van der Waals surface area contributed by atoms with Crippen LogP contribution in [0.1, 0.15) is 13.8 Å². The van der Waals surface area contributed by atoms with Crippen molar-refractivity contribution in [3.05, 3.63) is 60.3 Å². The fourth-order valence-electron chi connectivity index (χ4n) is 2.16. The van der Waals surface area contributed by atoms with Crippen LogP contribution in [0.2, 0.25) is 0 Å². The second-order valence-corrected chi connectivity index (χ2v) is 5.74. The lowest BCUT2D eigenvalue weighted by atomic mass is 10.3. The molecule has 0 spiro atoms. The summed E-state index contributed by atoms with van der Waals surface area (Å²) in [4.78, 5) is 4.24. The van der Waals surface area contributed by atoms with Crippen LogP contribution in [0.3, 0.4) is 0 Å². The predicted molar refractivity (Wildman–Crippen MR) is 95.0 cm³/mol. The monoisotopic (exact) mass is 357 g/mol. The number of halogens is 2. The van der Waals surface area contributed by atoms with E-state index in [4.69, 9.17) is 4.74 Å². The Kier molecular flexibility index (Phi) is 5.21. The summed E-state index contributed by atoms with van der Waals surface area (Å²) in [5.41, 5.74) is 1.11. The first-order chi connectivity index (χ1) is 12.5. The smallest absolute Gasteiger partial charge is 0.249 e. The zero-order chi connectivity index (χ0) is 18.5. The van der Waals surface area contributed by atoms with E-state index in [1.54, 1.807) is 0 Å². The summed E-state index contributed by atoms with van der Waals surface area (Å²) in [5, 5.41) is 13.6. The van der Waals surface area contributed by atoms with E-state index >= 15 is 0 Å². The van der Waals surface area contributed by atoms with Crippen molar-refractivity contribution in [2.24, 2.45) is 0 Å². The molecule has 26 heavy (non-hydrogen) atoms. The SMILES string of the molecule is CC(C)Oc1ccc(Nc2nncc(Nc3ccc(F)c(F)c3)n2)cc1. The summed E-state index contributed by atoms with van der Waals surface area (Å²) in [6, 6.07) is 10.8. The van der Waals surface area contributed by atoms with Gasteiger partial charge in [0, 0.05) is 17.4 Å². The lowest BCUT2D eigenvalue weighted by Gasteiger charge is -2.11. The molecule has 0 aliphatic rings. The number of anilines is 4. The van der Waals surface area contributed by atoms with Crippen molar-refractivity contribution in [1.82, 2.24) is 15.2 Å². The van der Waals surface area contributed by atoms with Crippen LogP contribution in [-0.2, 0) is 0 Å². The van der Waals surface area contributed by atoms with Gasteiger partial charge in [-0.2, -0.15) is 10.1 Å². The fourth-order valence-corrected chi connectivity index (χ4v) is 2.16. The van der Waals surface area contributed by atoms with E-state index in [1.165, 1.54) is 12.3 Å². The number of aromatic nitrogens is 3. The maximum atomic E-state index is 13.3. The Labute approximate surface area is 149 Å². The van der Waals surface area contributed by atoms with Gasteiger partial charge >= 0.3 is 0 Å². The van der Waals surface area contributed by atoms with E-state index in [9.17, 15) is 8.78 Å². The van der Waals surface area contributed by atoms with Gasteiger partial charge in [-0.3, -0.25) is 0 Å². The predicted octanol–water partition coefficient (Wildman–Crippen LogP) is 4.42. The van der Waals surface area contributed by atoms with Crippen molar-refractivity contribution in [3.63, 3.8) is 0 Å². The van der Waals surface area contributed by atoms with Crippen LogP contribution < -0.4 is 15.4 Å². The molecule has 3 aromatic rings. The molecule has 0 saturated heterocycles. The van der Waals surface area contributed by atoms with Crippen LogP contribution in [0.15, 0.2) is 48.7 Å². The number of nitrogens with one attached hydrogen (secondary N) is 2. The van der Waals surface area contributed by atoms with E-state index in [1.807, 2.05) is 38.1 Å². The molecule has 3 rings (SSSR count). The third-order valence-corrected chi connectivity index (χ3v) is 3.23. The van der Waals surface area contributed by atoms with Gasteiger partial charge in [-0.05, 0) is 50.2 Å². The minimum Gasteiger partial charge on any atom is -0.491 e. The minimum atomic E-state index is -0.945. The standard InChI is InChI=1S/C18H17F2N5O/c1-11(2)26-14-6-3-12(4-7-14)23-18-24-17(10-21-25-18)22-13-5-8-15(19)16(20)9-13/h3-11H,1-2H3,(H2,22,23,24,25). The third kappa shape index (κ3) is 4.62. The highest BCUT2D eigenvalue weighted by Crippen LogP contribution is 2.21. The number of benzene rings is 2. The van der Waals surface area contributed by atoms with Gasteiger partial charge in [0.2, 0.25) is 5.95 Å². The molecule has 1 aromatic heterocycles. The molecule has 134 valence electrons. The number of ether oxygens (including phenoxy) is 1. The second kappa shape index (κ2) is 7.73. The first kappa shape index (κ1) is 17.5. The fraction of sp³-hybridized carbons (Fsp3) is 0.167. The maximum Gasteiger partial charge on any atom is 0.249 e. The van der Waals surface area contributed by atoms with E-state index < -0.39 is 11.6 Å². The molecule has 2 aromatic carbocycles. The van der Waals surface area contributed by atoms with Gasteiger partial charge in [0.25, 0.3) is 0 Å². The van der Waals surface area contributed by atoms with Crippen LogP contribution in [0, 0.1) is 11.6 Å². The average Bonchev–Trinajstić information content (AvgIpc) is 2.60. The summed E-state index contributed by atoms with van der Waals surface area (Å²) in [6.45, 7) is 3.91. The molecule has 0 bridgehead atoms. The largest absolute Gasteiger partial charge is 0.491 e. The highest BCUT2D eigenvalue weighted by molar-refractivity contribution is 5.59. The van der Waals surface area contributed by atoms with Crippen molar-refractivity contribution < 1.29 is 13.5 Å². The first-order valence-electron chi connectivity index (χ1n) is 7.95. The summed E-state index contributed by atoms with van der Waals surface area (Å²) in [7, 11) is 0. The van der Waals surface area contributed by atoms with Crippen LogP contribution >= 0.6 is 0 Å². The Morgan fingerprint density at radius 1 is 0.923 bits per heavy atom. The lowest BCUT2D eigenvalue weighted by Crippen LogP contribution is -2.05. The number of rotatable bonds is 6. The second-order valence-electron chi connectivity index (χ2n) is 5.74. The quantitative estimate of drug-likeness (QED) is 0.680. The van der Waals surface area contributed by atoms with Crippen molar-refractivity contribution >= 4 is 23.1 Å². The van der Waals surface area contributed by atoms with E-state index in [0.717, 1.165) is 23.6 Å². The molecule has 1 heterocycles. The van der Waals surface area contributed by atoms with Crippen LogP contribution in [0.25, 0.3) is 0 Å². The molecule has 0 atom stereocenters. The van der Waals surface area contributed by atoms with Crippen LogP contribution in [0.5, 0.6) is 5.75 Å².